The third kappa shape index (κ3) is 1.70. The molecule has 0 amide bonds. The van der Waals surface area contributed by atoms with Crippen molar-refractivity contribution in [2.45, 2.75) is 5.37 Å². The predicted octanol–water partition coefficient (Wildman–Crippen LogP) is 0.122. The molecule has 0 bridgehead atoms. The highest BCUT2D eigenvalue weighted by Crippen LogP contribution is 2.12. The third-order valence-corrected chi connectivity index (χ3v) is 3.00. The molecule has 1 N–H and O–H groups in total. The van der Waals surface area contributed by atoms with Crippen LogP contribution in [0.2, 0.25) is 0 Å². The van der Waals surface area contributed by atoms with Gasteiger partial charge in [-0.15, -0.1) is 0 Å². The van der Waals surface area contributed by atoms with Gasteiger partial charge in [-0.1, -0.05) is 11.9 Å². The Morgan fingerprint density at radius 2 is 2.33 bits per heavy atom. The second-order valence-electron chi connectivity index (χ2n) is 1.81. The van der Waals surface area contributed by atoms with Gasteiger partial charge in [0.2, 0.25) is 0 Å². The van der Waals surface area contributed by atoms with Crippen molar-refractivity contribution in [2.24, 2.45) is 0 Å². The number of hydrogen-bond donors (Lipinski definition) is 1. The number of nitrogens with one attached hydrogen (secondary N) is 1. The largest absolute Gasteiger partial charge is 0.239 e. The molecular weight excluding hydrogens is 158 g/mol. The summed E-state index contributed by atoms with van der Waals surface area (Å²) in [6, 6.07) is 0. The molecule has 0 radical (unpaired) electrons. The topological polar surface area (TPSA) is 46.2 Å². The standard InChI is InChI=1S/C4H7NO2S2/c1-9(6,7)4-2-3-8-5-4/h2-5H,1H3/t4-/m0/s1. The van der Waals surface area contributed by atoms with E-state index in [2.05, 4.69) is 4.72 Å². The number of sulfone groups is 1. The summed E-state index contributed by atoms with van der Waals surface area (Å²) in [4.78, 5) is 0. The molecular formula is C4H7NO2S2. The highest BCUT2D eigenvalue weighted by molar-refractivity contribution is 8.02. The maximum absolute atomic E-state index is 10.7. The molecule has 3 nitrogen and oxygen atoms in total. The average molecular weight is 165 g/mol. The van der Waals surface area contributed by atoms with E-state index in [4.69, 9.17) is 0 Å². The van der Waals surface area contributed by atoms with Gasteiger partial charge in [-0.05, 0) is 11.5 Å². The minimum absolute atomic E-state index is 0.484. The second-order valence-corrected chi connectivity index (χ2v) is 4.72. The van der Waals surface area contributed by atoms with E-state index in [-0.39, 0.29) is 0 Å². The lowest BCUT2D eigenvalue weighted by Gasteiger charge is -2.02. The Hall–Kier alpha value is -0.0000000000000000763. The molecule has 0 fully saturated rings. The SMILES string of the molecule is CS(=O)(=O)[C@H]1C=CSN1. The van der Waals surface area contributed by atoms with Gasteiger partial charge in [-0.25, -0.2) is 13.1 Å². The Bertz CT molecular complexity index is 219. The zero-order chi connectivity index (χ0) is 6.91. The van der Waals surface area contributed by atoms with Crippen molar-refractivity contribution < 1.29 is 8.42 Å². The summed E-state index contributed by atoms with van der Waals surface area (Å²) in [7, 11) is -2.92. The zero-order valence-electron chi connectivity index (χ0n) is 4.87. The van der Waals surface area contributed by atoms with Crippen molar-refractivity contribution in [3.63, 3.8) is 0 Å². The molecule has 0 aromatic carbocycles. The fourth-order valence-electron chi connectivity index (χ4n) is 0.486. The molecule has 0 aliphatic carbocycles. The summed E-state index contributed by atoms with van der Waals surface area (Å²) in [6.07, 6.45) is 2.83. The quantitative estimate of drug-likeness (QED) is 0.561. The van der Waals surface area contributed by atoms with E-state index in [1.165, 1.54) is 18.2 Å². The van der Waals surface area contributed by atoms with Crippen LogP contribution in [0.4, 0.5) is 0 Å². The van der Waals surface area contributed by atoms with Crippen LogP contribution in [0.15, 0.2) is 11.5 Å². The molecule has 1 atom stereocenters. The van der Waals surface area contributed by atoms with Crippen LogP contribution < -0.4 is 4.72 Å². The lowest BCUT2D eigenvalue weighted by molar-refractivity contribution is 0.593. The summed E-state index contributed by atoms with van der Waals surface area (Å²) in [5.41, 5.74) is 0. The van der Waals surface area contributed by atoms with E-state index in [9.17, 15) is 8.42 Å². The Kier molecular flexibility index (Phi) is 1.83. The van der Waals surface area contributed by atoms with Crippen molar-refractivity contribution in [3.8, 4) is 0 Å². The van der Waals surface area contributed by atoms with Crippen molar-refractivity contribution in [2.75, 3.05) is 6.26 Å². The van der Waals surface area contributed by atoms with Crippen molar-refractivity contribution in [1.29, 1.82) is 0 Å². The van der Waals surface area contributed by atoms with Crippen LogP contribution in [0.25, 0.3) is 0 Å². The maximum Gasteiger partial charge on any atom is 0.167 e. The fraction of sp³-hybridized carbons (Fsp3) is 0.500. The number of rotatable bonds is 1. The van der Waals surface area contributed by atoms with Crippen LogP contribution in [-0.4, -0.2) is 20.0 Å². The van der Waals surface area contributed by atoms with E-state index in [0.29, 0.717) is 0 Å². The molecule has 0 spiro atoms. The molecule has 9 heavy (non-hydrogen) atoms. The van der Waals surface area contributed by atoms with Crippen LogP contribution in [0, 0.1) is 0 Å². The summed E-state index contributed by atoms with van der Waals surface area (Å²) >= 11 is 1.30. The van der Waals surface area contributed by atoms with Crippen LogP contribution >= 0.6 is 11.9 Å². The molecule has 52 valence electrons. The van der Waals surface area contributed by atoms with Gasteiger partial charge in [-0.2, -0.15) is 0 Å². The molecule has 1 rings (SSSR count). The van der Waals surface area contributed by atoms with Crippen molar-refractivity contribution in [1.82, 2.24) is 4.72 Å². The summed E-state index contributed by atoms with van der Waals surface area (Å²) in [6.45, 7) is 0. The van der Waals surface area contributed by atoms with Gasteiger partial charge in [-0.3, -0.25) is 0 Å². The molecule has 1 aliphatic heterocycles. The summed E-state index contributed by atoms with van der Waals surface area (Å²) < 4.78 is 24.1. The molecule has 0 saturated heterocycles. The van der Waals surface area contributed by atoms with Crippen LogP contribution in [0.1, 0.15) is 0 Å². The van der Waals surface area contributed by atoms with Gasteiger partial charge in [0.05, 0.1) is 0 Å². The van der Waals surface area contributed by atoms with Gasteiger partial charge < -0.3 is 0 Å². The van der Waals surface area contributed by atoms with Gasteiger partial charge in [0.25, 0.3) is 0 Å². The Balaban J connectivity index is 2.76. The van der Waals surface area contributed by atoms with Gasteiger partial charge >= 0.3 is 0 Å². The first kappa shape index (κ1) is 7.11. The van der Waals surface area contributed by atoms with E-state index in [1.807, 2.05) is 0 Å². The first-order valence-electron chi connectivity index (χ1n) is 2.37. The molecule has 0 unspecified atom stereocenters. The smallest absolute Gasteiger partial charge is 0.167 e. The third-order valence-electron chi connectivity index (χ3n) is 0.967. The van der Waals surface area contributed by atoms with E-state index >= 15 is 0 Å². The van der Waals surface area contributed by atoms with Crippen LogP contribution in [0.3, 0.4) is 0 Å². The maximum atomic E-state index is 10.7. The molecule has 0 aromatic rings. The van der Waals surface area contributed by atoms with Crippen molar-refractivity contribution >= 4 is 21.8 Å². The van der Waals surface area contributed by atoms with Crippen molar-refractivity contribution in [3.05, 3.63) is 11.5 Å². The Morgan fingerprint density at radius 3 is 2.56 bits per heavy atom. The average Bonchev–Trinajstić information content (AvgIpc) is 2.08. The van der Waals surface area contributed by atoms with Gasteiger partial charge in [0, 0.05) is 6.26 Å². The molecule has 1 aliphatic rings. The van der Waals surface area contributed by atoms with Crippen LogP contribution in [-0.2, 0) is 9.84 Å². The van der Waals surface area contributed by atoms with E-state index in [1.54, 1.807) is 11.5 Å². The van der Waals surface area contributed by atoms with Crippen LogP contribution in [0.5, 0.6) is 0 Å². The first-order valence-corrected chi connectivity index (χ1v) is 5.21. The summed E-state index contributed by atoms with van der Waals surface area (Å²) in [5.74, 6) is 0. The highest BCUT2D eigenvalue weighted by Gasteiger charge is 2.19. The minimum atomic E-state index is -2.92. The molecule has 1 heterocycles. The molecule has 0 saturated carbocycles. The minimum Gasteiger partial charge on any atom is -0.239 e. The normalized spacial score (nSPS) is 27.0. The van der Waals surface area contributed by atoms with E-state index in [0.717, 1.165) is 0 Å². The monoisotopic (exact) mass is 165 g/mol. The first-order chi connectivity index (χ1) is 4.11. The summed E-state index contributed by atoms with van der Waals surface area (Å²) in [5, 5.41) is 1.24. The lowest BCUT2D eigenvalue weighted by atomic mass is 10.7. The van der Waals surface area contributed by atoms with E-state index < -0.39 is 15.2 Å². The predicted molar refractivity (Wildman–Crippen MR) is 38.5 cm³/mol. The second kappa shape index (κ2) is 2.32. The number of hydrogen-bond acceptors (Lipinski definition) is 4. The highest BCUT2D eigenvalue weighted by atomic mass is 32.2. The van der Waals surface area contributed by atoms with Gasteiger partial charge in [0.1, 0.15) is 5.37 Å². The fourth-order valence-corrected chi connectivity index (χ4v) is 2.34. The Morgan fingerprint density at radius 1 is 1.67 bits per heavy atom. The Labute approximate surface area is 58.6 Å². The zero-order valence-corrected chi connectivity index (χ0v) is 6.50. The lowest BCUT2D eigenvalue weighted by Crippen LogP contribution is -2.25. The van der Waals surface area contributed by atoms with Gasteiger partial charge in [0.15, 0.2) is 9.84 Å². The molecule has 5 heteroatoms. The molecule has 0 aromatic heterocycles.